The minimum absolute atomic E-state index is 0.0587. The van der Waals surface area contributed by atoms with Gasteiger partial charge >= 0.3 is 0 Å². The van der Waals surface area contributed by atoms with E-state index in [0.717, 1.165) is 12.2 Å². The van der Waals surface area contributed by atoms with Crippen LogP contribution in [0.15, 0.2) is 22.9 Å². The van der Waals surface area contributed by atoms with Crippen molar-refractivity contribution >= 4 is 5.82 Å². The summed E-state index contributed by atoms with van der Waals surface area (Å²) in [7, 11) is 1.69. The van der Waals surface area contributed by atoms with E-state index in [1.807, 2.05) is 6.07 Å². The minimum Gasteiger partial charge on any atom is -0.380 e. The normalized spacial score (nSPS) is 21.5. The van der Waals surface area contributed by atoms with E-state index in [-0.39, 0.29) is 12.1 Å². The Morgan fingerprint density at radius 1 is 1.48 bits per heavy atom. The van der Waals surface area contributed by atoms with Gasteiger partial charge in [-0.15, -0.1) is 0 Å². The number of anilines is 1. The zero-order valence-electron chi connectivity index (χ0n) is 11.9. The average Bonchev–Trinajstić information content (AvgIpc) is 3.13. The van der Waals surface area contributed by atoms with Crippen molar-refractivity contribution < 1.29 is 9.26 Å². The molecule has 0 spiro atoms. The lowest BCUT2D eigenvalue weighted by molar-refractivity contribution is 0.117. The monoisotopic (exact) mass is 285 g/mol. The first kappa shape index (κ1) is 13.5. The number of pyridine rings is 1. The number of aromatic nitrogens is 3. The van der Waals surface area contributed by atoms with Gasteiger partial charge in [0, 0.05) is 26.3 Å². The van der Waals surface area contributed by atoms with Crippen LogP contribution in [0.25, 0.3) is 0 Å². The fourth-order valence-corrected chi connectivity index (χ4v) is 2.53. The summed E-state index contributed by atoms with van der Waals surface area (Å²) in [4.78, 5) is 10.7. The molecule has 1 aliphatic heterocycles. The second kappa shape index (κ2) is 5.50. The molecular weight excluding hydrogens is 270 g/mol. The highest BCUT2D eigenvalue weighted by Crippen LogP contribution is 2.35. The van der Waals surface area contributed by atoms with Crippen LogP contribution in [-0.2, 0) is 4.74 Å². The van der Waals surface area contributed by atoms with Gasteiger partial charge in [0.15, 0.2) is 5.82 Å². The molecule has 0 aliphatic carbocycles. The van der Waals surface area contributed by atoms with Gasteiger partial charge in [-0.3, -0.25) is 0 Å². The van der Waals surface area contributed by atoms with Crippen molar-refractivity contribution in [2.75, 3.05) is 18.6 Å². The Morgan fingerprint density at radius 3 is 2.90 bits per heavy atom. The molecule has 7 nitrogen and oxygen atoms in total. The van der Waals surface area contributed by atoms with Crippen molar-refractivity contribution in [1.82, 2.24) is 15.1 Å². The third-order valence-electron chi connectivity index (χ3n) is 3.60. The van der Waals surface area contributed by atoms with E-state index < -0.39 is 0 Å². The fourth-order valence-electron chi connectivity index (χ4n) is 2.53. The van der Waals surface area contributed by atoms with Crippen LogP contribution in [0.2, 0.25) is 0 Å². The summed E-state index contributed by atoms with van der Waals surface area (Å²) in [6.07, 6.45) is 2.41. The van der Waals surface area contributed by atoms with Crippen LogP contribution >= 0.6 is 0 Å². The molecule has 0 radical (unpaired) electrons. The summed E-state index contributed by atoms with van der Waals surface area (Å²) in [5, 5.41) is 12.7. The van der Waals surface area contributed by atoms with Crippen molar-refractivity contribution in [2.45, 2.75) is 25.5 Å². The highest BCUT2D eigenvalue weighted by Gasteiger charge is 2.37. The summed E-state index contributed by atoms with van der Waals surface area (Å²) in [5.74, 6) is 1.95. The van der Waals surface area contributed by atoms with Crippen LogP contribution < -0.4 is 4.90 Å². The predicted molar refractivity (Wildman–Crippen MR) is 73.5 cm³/mol. The lowest BCUT2D eigenvalue weighted by atomic mass is 10.2. The highest BCUT2D eigenvalue weighted by molar-refractivity contribution is 5.45. The third kappa shape index (κ3) is 2.58. The molecule has 0 N–H and O–H groups in total. The number of nitrogens with zero attached hydrogens (tertiary/aromatic N) is 5. The Kier molecular flexibility index (Phi) is 3.54. The molecule has 0 aromatic carbocycles. The van der Waals surface area contributed by atoms with E-state index in [1.54, 1.807) is 26.3 Å². The predicted octanol–water partition coefficient (Wildman–Crippen LogP) is 1.61. The Morgan fingerprint density at radius 2 is 2.33 bits per heavy atom. The SMILES string of the molecule is COC1CC(c2nc(C)no2)N(c2ccc(C#N)cn2)C1. The summed E-state index contributed by atoms with van der Waals surface area (Å²) in [6, 6.07) is 5.58. The number of methoxy groups -OCH3 is 1. The number of ether oxygens (including phenoxy) is 1. The average molecular weight is 285 g/mol. The molecule has 2 unspecified atom stereocenters. The fraction of sp³-hybridized carbons (Fsp3) is 0.429. The van der Waals surface area contributed by atoms with Gasteiger partial charge in [0.2, 0.25) is 5.89 Å². The van der Waals surface area contributed by atoms with Crippen molar-refractivity contribution in [2.24, 2.45) is 0 Å². The Bertz CT molecular complexity index is 661. The standard InChI is InChI=1S/C14H15N5O2/c1-9-17-14(21-18-9)12-5-11(20-2)8-19(12)13-4-3-10(6-15)7-16-13/h3-4,7,11-12H,5,8H2,1-2H3. The molecule has 3 heterocycles. The number of hydrogen-bond donors (Lipinski definition) is 0. The lowest BCUT2D eigenvalue weighted by Gasteiger charge is -2.22. The Balaban J connectivity index is 1.91. The maximum Gasteiger partial charge on any atom is 0.249 e. The number of nitriles is 1. The van der Waals surface area contributed by atoms with E-state index in [0.29, 0.717) is 23.8 Å². The van der Waals surface area contributed by atoms with Gasteiger partial charge in [-0.05, 0) is 19.1 Å². The van der Waals surface area contributed by atoms with E-state index >= 15 is 0 Å². The van der Waals surface area contributed by atoms with Crippen molar-refractivity contribution in [3.05, 3.63) is 35.6 Å². The summed E-state index contributed by atoms with van der Waals surface area (Å²) in [6.45, 7) is 2.49. The zero-order valence-corrected chi connectivity index (χ0v) is 11.9. The number of aryl methyl sites for hydroxylation is 1. The molecule has 1 aliphatic rings. The molecule has 1 saturated heterocycles. The molecule has 21 heavy (non-hydrogen) atoms. The van der Waals surface area contributed by atoms with Gasteiger partial charge in [-0.25, -0.2) is 4.98 Å². The molecular formula is C14H15N5O2. The third-order valence-corrected chi connectivity index (χ3v) is 3.60. The van der Waals surface area contributed by atoms with Gasteiger partial charge in [0.1, 0.15) is 17.9 Å². The van der Waals surface area contributed by atoms with E-state index in [9.17, 15) is 0 Å². The smallest absolute Gasteiger partial charge is 0.249 e. The van der Waals surface area contributed by atoms with Gasteiger partial charge in [0.25, 0.3) is 0 Å². The van der Waals surface area contributed by atoms with Gasteiger partial charge in [-0.1, -0.05) is 5.16 Å². The second-order valence-electron chi connectivity index (χ2n) is 4.96. The summed E-state index contributed by atoms with van der Waals surface area (Å²) < 4.78 is 10.8. The second-order valence-corrected chi connectivity index (χ2v) is 4.96. The number of hydrogen-bond acceptors (Lipinski definition) is 7. The molecule has 2 aromatic rings. The van der Waals surface area contributed by atoms with Crippen LogP contribution in [0, 0.1) is 18.3 Å². The lowest BCUT2D eigenvalue weighted by Crippen LogP contribution is -2.25. The number of rotatable bonds is 3. The Hall–Kier alpha value is -2.46. The van der Waals surface area contributed by atoms with Gasteiger partial charge in [0.05, 0.1) is 11.7 Å². The molecule has 2 aromatic heterocycles. The molecule has 7 heteroatoms. The first-order chi connectivity index (χ1) is 10.2. The van der Waals surface area contributed by atoms with Gasteiger partial charge < -0.3 is 14.2 Å². The van der Waals surface area contributed by atoms with Gasteiger partial charge in [-0.2, -0.15) is 10.2 Å². The maximum atomic E-state index is 8.85. The van der Waals surface area contributed by atoms with E-state index in [1.165, 1.54) is 0 Å². The summed E-state index contributed by atoms with van der Waals surface area (Å²) in [5.41, 5.74) is 0.534. The van der Waals surface area contributed by atoms with E-state index in [2.05, 4.69) is 26.1 Å². The Labute approximate surface area is 122 Å². The topological polar surface area (TPSA) is 88.1 Å². The largest absolute Gasteiger partial charge is 0.380 e. The molecule has 1 fully saturated rings. The van der Waals surface area contributed by atoms with Crippen molar-refractivity contribution in [3.63, 3.8) is 0 Å². The molecule has 108 valence electrons. The van der Waals surface area contributed by atoms with Crippen LogP contribution in [0.5, 0.6) is 0 Å². The molecule has 0 saturated carbocycles. The van der Waals surface area contributed by atoms with Crippen molar-refractivity contribution in [1.29, 1.82) is 5.26 Å². The minimum atomic E-state index is -0.0587. The first-order valence-electron chi connectivity index (χ1n) is 6.67. The zero-order chi connectivity index (χ0) is 14.8. The quantitative estimate of drug-likeness (QED) is 0.846. The molecule has 0 amide bonds. The van der Waals surface area contributed by atoms with Crippen molar-refractivity contribution in [3.8, 4) is 6.07 Å². The van der Waals surface area contributed by atoms with Crippen LogP contribution in [0.1, 0.15) is 29.7 Å². The summed E-state index contributed by atoms with van der Waals surface area (Å²) >= 11 is 0. The molecule has 3 rings (SSSR count). The maximum absolute atomic E-state index is 8.85. The molecule has 0 bridgehead atoms. The van der Waals surface area contributed by atoms with Crippen LogP contribution in [0.4, 0.5) is 5.82 Å². The highest BCUT2D eigenvalue weighted by atomic mass is 16.5. The van der Waals surface area contributed by atoms with E-state index in [4.69, 9.17) is 14.5 Å². The van der Waals surface area contributed by atoms with Crippen LogP contribution in [0.3, 0.4) is 0 Å². The van der Waals surface area contributed by atoms with Crippen LogP contribution in [-0.4, -0.2) is 34.9 Å². The first-order valence-corrected chi connectivity index (χ1v) is 6.67. The molecule has 2 atom stereocenters.